The van der Waals surface area contributed by atoms with Gasteiger partial charge in [0.1, 0.15) is 5.69 Å². The van der Waals surface area contributed by atoms with Crippen molar-refractivity contribution in [2.24, 2.45) is 0 Å². The highest BCUT2D eigenvalue weighted by Gasteiger charge is 2.15. The van der Waals surface area contributed by atoms with Crippen molar-refractivity contribution >= 4 is 11.8 Å². The van der Waals surface area contributed by atoms with Crippen LogP contribution in [-0.4, -0.2) is 41.1 Å². The molecule has 3 rings (SSSR count). The number of carboxylic acid groups (broad SMARTS) is 1. The van der Waals surface area contributed by atoms with Crippen molar-refractivity contribution in [2.75, 3.05) is 25.0 Å². The van der Waals surface area contributed by atoms with Crippen molar-refractivity contribution in [3.05, 3.63) is 87.6 Å². The van der Waals surface area contributed by atoms with Crippen molar-refractivity contribution < 1.29 is 23.1 Å². The first-order chi connectivity index (χ1) is 14.8. The lowest BCUT2D eigenvalue weighted by Gasteiger charge is -2.19. The largest absolute Gasteiger partial charge is 0.465 e. The topological polar surface area (TPSA) is 87.5 Å². The summed E-state index contributed by atoms with van der Waals surface area (Å²) in [6.45, 7) is 0.680. The van der Waals surface area contributed by atoms with E-state index in [-0.39, 0.29) is 24.3 Å². The summed E-state index contributed by atoms with van der Waals surface area (Å²) in [5.74, 6) is -4.34. The Kier molecular flexibility index (Phi) is 6.71. The molecule has 0 bridgehead atoms. The summed E-state index contributed by atoms with van der Waals surface area (Å²) in [7, 11) is 1.71. The Morgan fingerprint density at radius 3 is 2.52 bits per heavy atom. The SMILES string of the molecule is CNCCN(C(=O)O)c1cccc(Cc2nn(-c3cc(F)c(F)c(F)c3)ccc2=O)c1. The lowest BCUT2D eigenvalue weighted by molar-refractivity contribution is 0.202. The second kappa shape index (κ2) is 9.43. The first-order valence-electron chi connectivity index (χ1n) is 9.28. The maximum absolute atomic E-state index is 13.6. The van der Waals surface area contributed by atoms with E-state index in [1.165, 1.54) is 17.2 Å². The number of rotatable bonds is 7. The van der Waals surface area contributed by atoms with Crippen LogP contribution in [0.15, 0.2) is 53.5 Å². The summed E-state index contributed by atoms with van der Waals surface area (Å²) in [6, 6.07) is 9.35. The molecule has 0 saturated carbocycles. The fraction of sp³-hybridized carbons (Fsp3) is 0.190. The van der Waals surface area contributed by atoms with Gasteiger partial charge in [0.25, 0.3) is 0 Å². The smallest absolute Gasteiger partial charge is 0.411 e. The summed E-state index contributed by atoms with van der Waals surface area (Å²) >= 11 is 0. The molecule has 0 aliphatic heterocycles. The van der Waals surface area contributed by atoms with E-state index >= 15 is 0 Å². The molecule has 1 amide bonds. The number of halogens is 3. The van der Waals surface area contributed by atoms with Gasteiger partial charge in [-0.3, -0.25) is 9.69 Å². The van der Waals surface area contributed by atoms with Gasteiger partial charge in [-0.1, -0.05) is 12.1 Å². The first-order valence-corrected chi connectivity index (χ1v) is 9.28. The zero-order valence-corrected chi connectivity index (χ0v) is 16.5. The van der Waals surface area contributed by atoms with Crippen LogP contribution >= 0.6 is 0 Å². The Bertz CT molecular complexity index is 1140. The molecule has 0 aliphatic carbocycles. The molecule has 2 aromatic carbocycles. The van der Waals surface area contributed by atoms with Crippen LogP contribution in [0.5, 0.6) is 0 Å². The maximum atomic E-state index is 13.6. The summed E-state index contributed by atoms with van der Waals surface area (Å²) in [5, 5.41) is 16.4. The van der Waals surface area contributed by atoms with E-state index < -0.39 is 29.0 Å². The number of hydrogen-bond acceptors (Lipinski definition) is 4. The van der Waals surface area contributed by atoms with Crippen LogP contribution in [0.25, 0.3) is 5.69 Å². The zero-order valence-electron chi connectivity index (χ0n) is 16.5. The monoisotopic (exact) mass is 432 g/mol. The van der Waals surface area contributed by atoms with Gasteiger partial charge in [-0.15, -0.1) is 0 Å². The van der Waals surface area contributed by atoms with Gasteiger partial charge in [-0.25, -0.2) is 22.6 Å². The molecule has 0 unspecified atom stereocenters. The fourth-order valence-electron chi connectivity index (χ4n) is 2.97. The van der Waals surface area contributed by atoms with Crippen LogP contribution in [0, 0.1) is 17.5 Å². The highest BCUT2D eigenvalue weighted by atomic mass is 19.2. The fourth-order valence-corrected chi connectivity index (χ4v) is 2.97. The van der Waals surface area contributed by atoms with Crippen molar-refractivity contribution in [1.82, 2.24) is 15.1 Å². The third-order valence-electron chi connectivity index (χ3n) is 4.52. The van der Waals surface area contributed by atoms with E-state index in [1.54, 1.807) is 31.3 Å². The average molecular weight is 432 g/mol. The van der Waals surface area contributed by atoms with E-state index in [0.717, 1.165) is 16.8 Å². The van der Waals surface area contributed by atoms with Crippen molar-refractivity contribution in [1.29, 1.82) is 0 Å². The minimum atomic E-state index is -1.59. The average Bonchev–Trinajstić information content (AvgIpc) is 2.73. The van der Waals surface area contributed by atoms with Crippen molar-refractivity contribution in [3.63, 3.8) is 0 Å². The first kappa shape index (κ1) is 22.0. The number of anilines is 1. The summed E-state index contributed by atoms with van der Waals surface area (Å²) in [5.41, 5.74) is 0.624. The van der Waals surface area contributed by atoms with Crippen molar-refractivity contribution in [2.45, 2.75) is 6.42 Å². The maximum Gasteiger partial charge on any atom is 0.411 e. The van der Waals surface area contributed by atoms with Crippen LogP contribution in [0.2, 0.25) is 0 Å². The number of likely N-dealkylation sites (N-methyl/N-ethyl adjacent to an activating group) is 1. The van der Waals surface area contributed by atoms with Gasteiger partial charge in [0.05, 0.1) is 5.69 Å². The molecule has 31 heavy (non-hydrogen) atoms. The quantitative estimate of drug-likeness (QED) is 0.561. The molecule has 0 aliphatic rings. The molecule has 0 radical (unpaired) electrons. The minimum absolute atomic E-state index is 0.0547. The number of amides is 1. The third-order valence-corrected chi connectivity index (χ3v) is 4.52. The van der Waals surface area contributed by atoms with Crippen LogP contribution in [-0.2, 0) is 6.42 Å². The molecule has 0 atom stereocenters. The molecule has 2 N–H and O–H groups in total. The van der Waals surface area contributed by atoms with E-state index in [2.05, 4.69) is 10.4 Å². The van der Waals surface area contributed by atoms with Gasteiger partial charge in [-0.2, -0.15) is 5.10 Å². The minimum Gasteiger partial charge on any atom is -0.465 e. The van der Waals surface area contributed by atoms with Crippen LogP contribution in [0.4, 0.5) is 23.7 Å². The Morgan fingerprint density at radius 2 is 1.87 bits per heavy atom. The van der Waals surface area contributed by atoms with Gasteiger partial charge < -0.3 is 10.4 Å². The molecule has 0 spiro atoms. The van der Waals surface area contributed by atoms with E-state index in [9.17, 15) is 27.9 Å². The summed E-state index contributed by atoms with van der Waals surface area (Å²) < 4.78 is 41.4. The normalized spacial score (nSPS) is 10.8. The number of hydrogen-bond donors (Lipinski definition) is 2. The number of benzene rings is 2. The highest BCUT2D eigenvalue weighted by Crippen LogP contribution is 2.19. The second-order valence-corrected chi connectivity index (χ2v) is 6.68. The Balaban J connectivity index is 1.92. The number of aromatic nitrogens is 2. The molecule has 0 saturated heterocycles. The van der Waals surface area contributed by atoms with Crippen molar-refractivity contribution in [3.8, 4) is 5.69 Å². The molecule has 0 fully saturated rings. The predicted molar refractivity (Wildman–Crippen MR) is 108 cm³/mol. The molecule has 162 valence electrons. The summed E-state index contributed by atoms with van der Waals surface area (Å²) in [6.07, 6.45) is 0.158. The Morgan fingerprint density at radius 1 is 1.16 bits per heavy atom. The van der Waals surface area contributed by atoms with Gasteiger partial charge in [0.2, 0.25) is 5.43 Å². The van der Waals surface area contributed by atoms with Gasteiger partial charge in [0.15, 0.2) is 17.5 Å². The Labute approximate surface area is 175 Å². The molecule has 3 aromatic rings. The van der Waals surface area contributed by atoms with E-state index in [1.807, 2.05) is 0 Å². The highest BCUT2D eigenvalue weighted by molar-refractivity contribution is 5.86. The van der Waals surface area contributed by atoms with E-state index in [4.69, 9.17) is 0 Å². The zero-order chi connectivity index (χ0) is 22.5. The standard InChI is InChI=1S/C21H19F3N4O3/c1-25-6-8-27(21(30)31)14-4-2-3-13(9-14)10-18-19(29)5-7-28(26-18)15-11-16(22)20(24)17(23)12-15/h2-5,7,9,11-12,25H,6,8,10H2,1H3,(H,30,31). The third kappa shape index (κ3) is 5.10. The molecule has 1 heterocycles. The van der Waals surface area contributed by atoms with Crippen LogP contribution in [0.3, 0.4) is 0 Å². The van der Waals surface area contributed by atoms with Crippen LogP contribution in [0.1, 0.15) is 11.3 Å². The molecule has 7 nitrogen and oxygen atoms in total. The van der Waals surface area contributed by atoms with E-state index in [0.29, 0.717) is 17.8 Å². The Hall–Kier alpha value is -3.66. The molecular formula is C21H19F3N4O3. The number of nitrogens with zero attached hydrogens (tertiary/aromatic N) is 3. The molecule has 10 heteroatoms. The van der Waals surface area contributed by atoms with Crippen LogP contribution < -0.4 is 15.6 Å². The van der Waals surface area contributed by atoms with Gasteiger partial charge in [0, 0.05) is 49.6 Å². The summed E-state index contributed by atoms with van der Waals surface area (Å²) in [4.78, 5) is 25.0. The van der Waals surface area contributed by atoms with Gasteiger partial charge in [-0.05, 0) is 24.7 Å². The predicted octanol–water partition coefficient (Wildman–Crippen LogP) is 2.94. The second-order valence-electron chi connectivity index (χ2n) is 6.68. The lowest BCUT2D eigenvalue weighted by atomic mass is 10.1. The van der Waals surface area contributed by atoms with Gasteiger partial charge >= 0.3 is 6.09 Å². The number of nitrogens with one attached hydrogen (secondary N) is 1. The molecule has 1 aromatic heterocycles. The lowest BCUT2D eigenvalue weighted by Crippen LogP contribution is -2.35. The molecular weight excluding hydrogens is 413 g/mol. The number of carbonyl (C=O) groups is 1.